The third kappa shape index (κ3) is 2.72. The Balaban J connectivity index is 2.34. The van der Waals surface area contributed by atoms with E-state index in [2.05, 4.69) is 9.56 Å². The lowest BCUT2D eigenvalue weighted by Gasteiger charge is -1.99. The molecule has 0 bridgehead atoms. The molecule has 1 aromatic heterocycles. The zero-order chi connectivity index (χ0) is 14.9. The van der Waals surface area contributed by atoms with Crippen LogP contribution in [-0.2, 0) is 7.05 Å². The third-order valence-corrected chi connectivity index (χ3v) is 3.61. The highest BCUT2D eigenvalue weighted by Crippen LogP contribution is 2.28. The number of benzene rings is 1. The van der Waals surface area contributed by atoms with Crippen LogP contribution in [0.25, 0.3) is 0 Å². The molecular formula is C14H14ClN3O2. The van der Waals surface area contributed by atoms with Crippen LogP contribution in [0.2, 0.25) is 5.02 Å². The van der Waals surface area contributed by atoms with Gasteiger partial charge >= 0.3 is 0 Å². The van der Waals surface area contributed by atoms with Crippen LogP contribution in [0.5, 0.6) is 0 Å². The van der Waals surface area contributed by atoms with E-state index in [1.807, 2.05) is 27.0 Å². The summed E-state index contributed by atoms with van der Waals surface area (Å²) in [5.41, 5.74) is 3.58. The number of nitrogens with zero attached hydrogens (tertiary/aromatic N) is 3. The summed E-state index contributed by atoms with van der Waals surface area (Å²) < 4.78 is 2.06. The van der Waals surface area contributed by atoms with Crippen LogP contribution in [-0.4, -0.2) is 15.7 Å². The molecule has 0 N–H and O–H groups in total. The van der Waals surface area contributed by atoms with Gasteiger partial charge in [0.05, 0.1) is 10.6 Å². The van der Waals surface area contributed by atoms with E-state index in [0.29, 0.717) is 5.69 Å². The van der Waals surface area contributed by atoms with Gasteiger partial charge in [0.15, 0.2) is 0 Å². The van der Waals surface area contributed by atoms with Crippen molar-refractivity contribution in [3.8, 4) is 0 Å². The van der Waals surface area contributed by atoms with Gasteiger partial charge in [-0.25, -0.2) is 0 Å². The first-order valence-corrected chi connectivity index (χ1v) is 6.39. The molecule has 5 nitrogen and oxygen atoms in total. The smallest absolute Gasteiger partial charge is 0.290 e. The summed E-state index contributed by atoms with van der Waals surface area (Å²) >= 11 is 5.76. The van der Waals surface area contributed by atoms with Crippen LogP contribution in [0.4, 0.5) is 11.4 Å². The van der Waals surface area contributed by atoms with Crippen LogP contribution < -0.4 is 0 Å². The average Bonchev–Trinajstić information content (AvgIpc) is 2.65. The number of aryl methyl sites for hydroxylation is 1. The molecule has 1 aromatic carbocycles. The molecule has 0 aliphatic rings. The van der Waals surface area contributed by atoms with Crippen molar-refractivity contribution in [2.24, 2.45) is 12.0 Å². The van der Waals surface area contributed by atoms with Gasteiger partial charge in [0.2, 0.25) is 0 Å². The second-order valence-corrected chi connectivity index (χ2v) is 4.94. The minimum atomic E-state index is -0.515. The largest absolute Gasteiger partial charge is 0.352 e. The van der Waals surface area contributed by atoms with Crippen LogP contribution >= 0.6 is 11.6 Å². The molecule has 0 aliphatic carbocycles. The van der Waals surface area contributed by atoms with E-state index in [4.69, 9.17) is 11.6 Å². The highest BCUT2D eigenvalue weighted by molar-refractivity contribution is 6.32. The Kier molecular flexibility index (Phi) is 3.90. The molecular weight excluding hydrogens is 278 g/mol. The van der Waals surface area contributed by atoms with E-state index in [9.17, 15) is 10.1 Å². The fraction of sp³-hybridized carbons (Fsp3) is 0.214. The summed E-state index contributed by atoms with van der Waals surface area (Å²) in [6.45, 7) is 4.01. The molecule has 0 spiro atoms. The zero-order valence-corrected chi connectivity index (χ0v) is 12.2. The Labute approximate surface area is 121 Å². The topological polar surface area (TPSA) is 60.4 Å². The molecule has 0 aliphatic heterocycles. The van der Waals surface area contributed by atoms with Crippen molar-refractivity contribution in [2.45, 2.75) is 13.8 Å². The van der Waals surface area contributed by atoms with Gasteiger partial charge in [0.1, 0.15) is 5.02 Å². The summed E-state index contributed by atoms with van der Waals surface area (Å²) in [6, 6.07) is 6.51. The van der Waals surface area contributed by atoms with E-state index in [0.717, 1.165) is 17.0 Å². The van der Waals surface area contributed by atoms with Crippen LogP contribution in [0, 0.1) is 24.0 Å². The molecule has 0 unspecified atom stereocenters. The first-order valence-electron chi connectivity index (χ1n) is 6.01. The minimum Gasteiger partial charge on any atom is -0.352 e. The van der Waals surface area contributed by atoms with Gasteiger partial charge < -0.3 is 4.57 Å². The quantitative estimate of drug-likeness (QED) is 0.488. The normalized spacial score (nSPS) is 11.2. The first kappa shape index (κ1) is 14.3. The van der Waals surface area contributed by atoms with Crippen molar-refractivity contribution in [3.05, 3.63) is 56.4 Å². The molecule has 6 heteroatoms. The lowest BCUT2D eigenvalue weighted by atomic mass is 10.2. The number of hydrogen-bond acceptors (Lipinski definition) is 3. The zero-order valence-electron chi connectivity index (χ0n) is 11.4. The predicted molar refractivity (Wildman–Crippen MR) is 80.2 cm³/mol. The molecule has 2 aromatic rings. The van der Waals surface area contributed by atoms with Gasteiger partial charge in [0, 0.05) is 36.3 Å². The van der Waals surface area contributed by atoms with Gasteiger partial charge in [-0.3, -0.25) is 15.1 Å². The lowest BCUT2D eigenvalue weighted by molar-refractivity contribution is -0.384. The molecule has 0 radical (unpaired) electrons. The number of hydrogen-bond donors (Lipinski definition) is 0. The van der Waals surface area contributed by atoms with Crippen LogP contribution in [0.15, 0.2) is 29.3 Å². The Morgan fingerprint density at radius 1 is 1.35 bits per heavy atom. The number of aromatic nitrogens is 1. The Morgan fingerprint density at radius 2 is 2.05 bits per heavy atom. The maximum atomic E-state index is 10.8. The maximum Gasteiger partial charge on any atom is 0.290 e. The fourth-order valence-corrected chi connectivity index (χ4v) is 2.07. The summed E-state index contributed by atoms with van der Waals surface area (Å²) in [5.74, 6) is 0. The van der Waals surface area contributed by atoms with Gasteiger partial charge in [-0.15, -0.1) is 0 Å². The van der Waals surface area contributed by atoms with Crippen molar-refractivity contribution in [2.75, 3.05) is 0 Å². The fourth-order valence-electron chi connectivity index (χ4n) is 1.88. The van der Waals surface area contributed by atoms with Crippen molar-refractivity contribution < 1.29 is 4.92 Å². The SMILES string of the molecule is Cc1cc(C=Nc2ccc(Cl)c([N+](=O)[O-])c2)c(C)n1C. The van der Waals surface area contributed by atoms with Gasteiger partial charge in [-0.1, -0.05) is 11.6 Å². The number of nitro benzene ring substituents is 1. The van der Waals surface area contributed by atoms with Gasteiger partial charge in [-0.2, -0.15) is 0 Å². The second-order valence-electron chi connectivity index (χ2n) is 4.54. The highest BCUT2D eigenvalue weighted by Gasteiger charge is 2.12. The number of nitro groups is 1. The summed E-state index contributed by atoms with van der Waals surface area (Å²) in [6.07, 6.45) is 1.70. The molecule has 0 amide bonds. The van der Waals surface area contributed by atoms with Gasteiger partial charge in [0.25, 0.3) is 5.69 Å². The summed E-state index contributed by atoms with van der Waals surface area (Å²) in [4.78, 5) is 14.6. The summed E-state index contributed by atoms with van der Waals surface area (Å²) in [5, 5.41) is 10.9. The number of aliphatic imine (C=N–C) groups is 1. The Morgan fingerprint density at radius 3 is 2.60 bits per heavy atom. The van der Waals surface area contributed by atoms with E-state index < -0.39 is 4.92 Å². The molecule has 0 saturated heterocycles. The molecule has 2 rings (SSSR count). The van der Waals surface area contributed by atoms with E-state index in [-0.39, 0.29) is 10.7 Å². The molecule has 0 fully saturated rings. The van der Waals surface area contributed by atoms with Crippen molar-refractivity contribution in [1.29, 1.82) is 0 Å². The van der Waals surface area contributed by atoms with E-state index in [1.165, 1.54) is 12.1 Å². The Hall–Kier alpha value is -2.14. The number of rotatable bonds is 3. The van der Waals surface area contributed by atoms with Gasteiger partial charge in [-0.05, 0) is 32.0 Å². The van der Waals surface area contributed by atoms with Crippen LogP contribution in [0.1, 0.15) is 17.0 Å². The highest BCUT2D eigenvalue weighted by atomic mass is 35.5. The minimum absolute atomic E-state index is 0.112. The molecule has 1 heterocycles. The third-order valence-electron chi connectivity index (χ3n) is 3.29. The molecule has 20 heavy (non-hydrogen) atoms. The molecule has 0 saturated carbocycles. The second kappa shape index (κ2) is 5.46. The van der Waals surface area contributed by atoms with Crippen molar-refractivity contribution >= 4 is 29.2 Å². The number of halogens is 1. The summed E-state index contributed by atoms with van der Waals surface area (Å²) in [7, 11) is 1.98. The van der Waals surface area contributed by atoms with E-state index in [1.54, 1.807) is 12.3 Å². The molecule has 104 valence electrons. The van der Waals surface area contributed by atoms with Crippen LogP contribution in [0.3, 0.4) is 0 Å². The monoisotopic (exact) mass is 291 g/mol. The lowest BCUT2D eigenvalue weighted by Crippen LogP contribution is -1.93. The van der Waals surface area contributed by atoms with Crippen molar-refractivity contribution in [1.82, 2.24) is 4.57 Å². The Bertz CT molecular complexity index is 705. The van der Waals surface area contributed by atoms with E-state index >= 15 is 0 Å². The average molecular weight is 292 g/mol. The molecule has 0 atom stereocenters. The van der Waals surface area contributed by atoms with Crippen molar-refractivity contribution in [3.63, 3.8) is 0 Å². The maximum absolute atomic E-state index is 10.8. The predicted octanol–water partition coefficient (Wildman–Crippen LogP) is 3.95. The first-order chi connectivity index (χ1) is 9.40. The standard InChI is InChI=1S/C14H14ClN3O2/c1-9-6-11(10(2)17(9)3)8-16-12-4-5-13(15)14(7-12)18(19)20/h4-8H,1-3H3.